The van der Waals surface area contributed by atoms with Crippen LogP contribution in [0, 0.1) is 0 Å². The Morgan fingerprint density at radius 3 is 2.92 bits per heavy atom. The van der Waals surface area contributed by atoms with Crippen LogP contribution in [-0.2, 0) is 6.54 Å². The Morgan fingerprint density at radius 1 is 1.27 bits per heavy atom. The Bertz CT molecular complexity index is 638. The number of aliphatic imine (C=N–C) groups is 1. The minimum Gasteiger partial charge on any atom is -0.489 e. The Labute approximate surface area is 160 Å². The zero-order valence-corrected chi connectivity index (χ0v) is 16.4. The van der Waals surface area contributed by atoms with Crippen LogP contribution < -0.4 is 20.1 Å². The van der Waals surface area contributed by atoms with Crippen molar-refractivity contribution in [1.29, 1.82) is 0 Å². The minimum absolute atomic E-state index is 0.589. The minimum atomic E-state index is 0.589. The van der Waals surface area contributed by atoms with E-state index in [0.717, 1.165) is 36.8 Å². The number of nitrogens with one attached hydrogen (secondary N) is 2. The fraction of sp³-hybridized carbons (Fsp3) is 0.632. The zero-order chi connectivity index (χ0) is 18.4. The van der Waals surface area contributed by atoms with E-state index in [9.17, 15) is 0 Å². The quantitative estimate of drug-likeness (QED) is 0.607. The van der Waals surface area contributed by atoms with Gasteiger partial charge in [0.05, 0.1) is 18.2 Å². The molecular formula is C19H29ClN4O2. The highest BCUT2D eigenvalue weighted by Gasteiger charge is 2.22. The molecule has 0 aromatic heterocycles. The average Bonchev–Trinajstić information content (AvgIpc) is 2.97. The predicted octanol–water partition coefficient (Wildman–Crippen LogP) is 2.65. The van der Waals surface area contributed by atoms with Gasteiger partial charge in [-0.2, -0.15) is 0 Å². The van der Waals surface area contributed by atoms with E-state index in [2.05, 4.69) is 27.4 Å². The summed E-state index contributed by atoms with van der Waals surface area (Å²) >= 11 is 6.36. The molecule has 2 N–H and O–H groups in total. The van der Waals surface area contributed by atoms with Crippen LogP contribution in [0.15, 0.2) is 17.1 Å². The van der Waals surface area contributed by atoms with Gasteiger partial charge in [-0.3, -0.25) is 9.89 Å². The second-order valence-electron chi connectivity index (χ2n) is 6.69. The zero-order valence-electron chi connectivity index (χ0n) is 15.7. The van der Waals surface area contributed by atoms with Gasteiger partial charge in [0.25, 0.3) is 0 Å². The maximum atomic E-state index is 6.36. The van der Waals surface area contributed by atoms with E-state index >= 15 is 0 Å². The van der Waals surface area contributed by atoms with Gasteiger partial charge in [0, 0.05) is 32.6 Å². The van der Waals surface area contributed by atoms with E-state index in [1.54, 1.807) is 7.05 Å². The molecule has 3 rings (SSSR count). The molecule has 0 spiro atoms. The van der Waals surface area contributed by atoms with Crippen LogP contribution in [0.1, 0.15) is 31.7 Å². The summed E-state index contributed by atoms with van der Waals surface area (Å²) in [5.74, 6) is 2.17. The molecule has 1 fully saturated rings. The largest absolute Gasteiger partial charge is 0.489 e. The highest BCUT2D eigenvalue weighted by Crippen LogP contribution is 2.37. The lowest BCUT2D eigenvalue weighted by Gasteiger charge is -2.24. The first-order chi connectivity index (χ1) is 12.7. The van der Waals surface area contributed by atoms with E-state index in [1.165, 1.54) is 19.4 Å². The van der Waals surface area contributed by atoms with Crippen molar-refractivity contribution in [2.45, 2.75) is 38.8 Å². The number of likely N-dealkylation sites (tertiary alicyclic amines) is 1. The number of rotatable bonds is 5. The summed E-state index contributed by atoms with van der Waals surface area (Å²) in [6.45, 7) is 7.35. The van der Waals surface area contributed by atoms with Crippen molar-refractivity contribution in [3.8, 4) is 11.5 Å². The highest BCUT2D eigenvalue weighted by molar-refractivity contribution is 6.32. The molecule has 2 aliphatic rings. The van der Waals surface area contributed by atoms with Gasteiger partial charge in [0.15, 0.2) is 17.5 Å². The van der Waals surface area contributed by atoms with Gasteiger partial charge in [-0.05, 0) is 43.6 Å². The topological polar surface area (TPSA) is 58.1 Å². The normalized spacial score (nSPS) is 20.7. The van der Waals surface area contributed by atoms with Gasteiger partial charge in [0.2, 0.25) is 0 Å². The third-order valence-corrected chi connectivity index (χ3v) is 5.24. The van der Waals surface area contributed by atoms with E-state index in [-0.39, 0.29) is 0 Å². The number of ether oxygens (including phenoxy) is 2. The number of fused-ring (bicyclic) bond motifs is 1. The molecule has 1 unspecified atom stereocenters. The smallest absolute Gasteiger partial charge is 0.191 e. The van der Waals surface area contributed by atoms with Gasteiger partial charge in [-0.25, -0.2) is 0 Å². The number of halogens is 1. The van der Waals surface area contributed by atoms with Crippen LogP contribution in [0.5, 0.6) is 11.5 Å². The van der Waals surface area contributed by atoms with Crippen LogP contribution in [0.3, 0.4) is 0 Å². The molecule has 0 amide bonds. The monoisotopic (exact) mass is 380 g/mol. The molecule has 0 saturated carbocycles. The summed E-state index contributed by atoms with van der Waals surface area (Å²) in [5.41, 5.74) is 1.04. The molecule has 2 heterocycles. The average molecular weight is 381 g/mol. The summed E-state index contributed by atoms with van der Waals surface area (Å²) < 4.78 is 11.4. The van der Waals surface area contributed by atoms with Crippen molar-refractivity contribution < 1.29 is 9.47 Å². The van der Waals surface area contributed by atoms with Gasteiger partial charge < -0.3 is 20.1 Å². The van der Waals surface area contributed by atoms with Crippen LogP contribution >= 0.6 is 11.6 Å². The summed E-state index contributed by atoms with van der Waals surface area (Å²) in [6.07, 6.45) is 3.39. The number of likely N-dealkylation sites (N-methyl/N-ethyl adjacent to an activating group) is 1. The van der Waals surface area contributed by atoms with Crippen LogP contribution in [-0.4, -0.2) is 56.8 Å². The molecule has 1 saturated heterocycles. The van der Waals surface area contributed by atoms with Crippen LogP contribution in [0.25, 0.3) is 0 Å². The molecule has 144 valence electrons. The molecule has 2 aliphatic heterocycles. The van der Waals surface area contributed by atoms with Crippen molar-refractivity contribution >= 4 is 17.6 Å². The third kappa shape index (κ3) is 4.74. The first kappa shape index (κ1) is 19.1. The lowest BCUT2D eigenvalue weighted by Crippen LogP contribution is -2.44. The molecule has 0 radical (unpaired) electrons. The molecule has 7 heteroatoms. The predicted molar refractivity (Wildman–Crippen MR) is 106 cm³/mol. The molecule has 1 atom stereocenters. The van der Waals surface area contributed by atoms with Crippen molar-refractivity contribution in [3.63, 3.8) is 0 Å². The van der Waals surface area contributed by atoms with E-state index in [1.807, 2.05) is 12.1 Å². The second-order valence-corrected chi connectivity index (χ2v) is 7.09. The molecular weight excluding hydrogens is 352 g/mol. The second kappa shape index (κ2) is 9.33. The number of hydrogen-bond acceptors (Lipinski definition) is 4. The first-order valence-corrected chi connectivity index (χ1v) is 9.85. The van der Waals surface area contributed by atoms with Crippen molar-refractivity contribution in [3.05, 3.63) is 22.7 Å². The third-order valence-electron chi connectivity index (χ3n) is 4.96. The fourth-order valence-electron chi connectivity index (χ4n) is 3.55. The molecule has 1 aromatic carbocycles. The maximum Gasteiger partial charge on any atom is 0.191 e. The van der Waals surface area contributed by atoms with Crippen molar-refractivity contribution in [1.82, 2.24) is 15.5 Å². The van der Waals surface area contributed by atoms with Crippen molar-refractivity contribution in [2.24, 2.45) is 4.99 Å². The lowest BCUT2D eigenvalue weighted by atomic mass is 10.2. The highest BCUT2D eigenvalue weighted by atomic mass is 35.5. The summed E-state index contributed by atoms with van der Waals surface area (Å²) in [7, 11) is 1.79. The lowest BCUT2D eigenvalue weighted by molar-refractivity contribution is 0.267. The molecule has 0 bridgehead atoms. The Balaban J connectivity index is 1.55. The first-order valence-electron chi connectivity index (χ1n) is 9.48. The Kier molecular flexibility index (Phi) is 6.86. The maximum absolute atomic E-state index is 6.36. The Morgan fingerprint density at radius 2 is 2.12 bits per heavy atom. The Hall–Kier alpha value is -1.66. The summed E-state index contributed by atoms with van der Waals surface area (Å²) in [6, 6.07) is 4.50. The number of hydrogen-bond donors (Lipinski definition) is 2. The van der Waals surface area contributed by atoms with E-state index in [4.69, 9.17) is 21.1 Å². The van der Waals surface area contributed by atoms with E-state index in [0.29, 0.717) is 36.6 Å². The standard InChI is InChI=1S/C19H29ClN4O2/c1-3-24-7-4-6-15(24)13-23-19(21-2)22-12-14-10-16(20)18-17(11-14)25-8-5-9-26-18/h10-11,15H,3-9,12-13H2,1-2H3,(H2,21,22,23). The number of nitrogens with zero attached hydrogens (tertiary/aromatic N) is 2. The number of guanidine groups is 1. The van der Waals surface area contributed by atoms with Crippen molar-refractivity contribution in [2.75, 3.05) is 39.9 Å². The molecule has 6 nitrogen and oxygen atoms in total. The molecule has 0 aliphatic carbocycles. The SMILES string of the molecule is CCN1CCCC1CNC(=NC)NCc1cc(Cl)c2c(c1)OCCCO2. The summed E-state index contributed by atoms with van der Waals surface area (Å²) in [5, 5.41) is 7.39. The summed E-state index contributed by atoms with van der Waals surface area (Å²) in [4.78, 5) is 6.84. The van der Waals surface area contributed by atoms with Gasteiger partial charge in [0.1, 0.15) is 0 Å². The van der Waals surface area contributed by atoms with Crippen LogP contribution in [0.4, 0.5) is 0 Å². The molecule has 1 aromatic rings. The van der Waals surface area contributed by atoms with Gasteiger partial charge >= 0.3 is 0 Å². The number of benzene rings is 1. The van der Waals surface area contributed by atoms with E-state index < -0.39 is 0 Å². The fourth-order valence-corrected chi connectivity index (χ4v) is 3.84. The van der Waals surface area contributed by atoms with Gasteiger partial charge in [-0.1, -0.05) is 18.5 Å². The molecule has 26 heavy (non-hydrogen) atoms. The van der Waals surface area contributed by atoms with Crippen LogP contribution in [0.2, 0.25) is 5.02 Å². The van der Waals surface area contributed by atoms with Gasteiger partial charge in [-0.15, -0.1) is 0 Å².